The molecule has 0 spiro atoms. The molecular weight excluding hydrogens is 301 g/mol. The summed E-state index contributed by atoms with van der Waals surface area (Å²) in [7, 11) is 2.13. The molecule has 2 aromatic heterocycles. The highest BCUT2D eigenvalue weighted by molar-refractivity contribution is 7.19. The van der Waals surface area contributed by atoms with Crippen molar-refractivity contribution in [2.24, 2.45) is 0 Å². The average molecular weight is 317 g/mol. The van der Waals surface area contributed by atoms with Crippen molar-refractivity contribution < 1.29 is 4.39 Å². The Balaban J connectivity index is 1.72. The highest BCUT2D eigenvalue weighted by atomic mass is 32.1. The number of halogens is 1. The highest BCUT2D eigenvalue weighted by Crippen LogP contribution is 2.31. The number of fused-ring (bicyclic) bond motifs is 1. The van der Waals surface area contributed by atoms with Crippen LogP contribution >= 0.6 is 11.3 Å². The SMILES string of the molecule is CN1CCC(c2nnc3sc(-c4ccccc4F)nn23)CC1. The first-order valence-electron chi connectivity index (χ1n) is 7.38. The van der Waals surface area contributed by atoms with Crippen LogP contribution in [0.3, 0.4) is 0 Å². The molecule has 3 aromatic rings. The zero-order chi connectivity index (χ0) is 15.1. The summed E-state index contributed by atoms with van der Waals surface area (Å²) < 4.78 is 15.7. The fourth-order valence-corrected chi connectivity index (χ4v) is 3.77. The van der Waals surface area contributed by atoms with Gasteiger partial charge in [-0.25, -0.2) is 4.39 Å². The van der Waals surface area contributed by atoms with Crippen LogP contribution in [0, 0.1) is 5.82 Å². The smallest absolute Gasteiger partial charge is 0.234 e. The van der Waals surface area contributed by atoms with Crippen LogP contribution < -0.4 is 0 Å². The van der Waals surface area contributed by atoms with Crippen LogP contribution in [0.25, 0.3) is 15.5 Å². The normalized spacial score (nSPS) is 17.4. The Hall–Kier alpha value is -1.86. The van der Waals surface area contributed by atoms with Crippen LogP contribution in [0.5, 0.6) is 0 Å². The lowest BCUT2D eigenvalue weighted by Gasteiger charge is -2.27. The lowest BCUT2D eigenvalue weighted by Crippen LogP contribution is -2.30. The molecule has 1 fully saturated rings. The molecule has 22 heavy (non-hydrogen) atoms. The van der Waals surface area contributed by atoms with Gasteiger partial charge in [-0.15, -0.1) is 10.2 Å². The fraction of sp³-hybridized carbons (Fsp3) is 0.400. The molecule has 0 saturated carbocycles. The summed E-state index contributed by atoms with van der Waals surface area (Å²) in [5, 5.41) is 13.7. The van der Waals surface area contributed by atoms with E-state index in [-0.39, 0.29) is 5.82 Å². The van der Waals surface area contributed by atoms with Gasteiger partial charge < -0.3 is 4.90 Å². The van der Waals surface area contributed by atoms with Gasteiger partial charge in [0, 0.05) is 11.5 Å². The van der Waals surface area contributed by atoms with E-state index in [4.69, 9.17) is 0 Å². The number of piperidine rings is 1. The van der Waals surface area contributed by atoms with Crippen molar-refractivity contribution in [3.8, 4) is 10.6 Å². The molecule has 0 aliphatic carbocycles. The van der Waals surface area contributed by atoms with E-state index in [9.17, 15) is 4.39 Å². The first-order valence-corrected chi connectivity index (χ1v) is 8.19. The van der Waals surface area contributed by atoms with Crippen molar-refractivity contribution in [1.29, 1.82) is 0 Å². The average Bonchev–Trinajstić information content (AvgIpc) is 3.09. The van der Waals surface area contributed by atoms with E-state index in [0.29, 0.717) is 16.5 Å². The van der Waals surface area contributed by atoms with Crippen molar-refractivity contribution in [2.45, 2.75) is 18.8 Å². The lowest BCUT2D eigenvalue weighted by atomic mass is 9.96. The van der Waals surface area contributed by atoms with Crippen molar-refractivity contribution in [3.05, 3.63) is 35.9 Å². The van der Waals surface area contributed by atoms with Crippen LogP contribution in [0.4, 0.5) is 4.39 Å². The fourth-order valence-electron chi connectivity index (χ4n) is 2.90. The van der Waals surface area contributed by atoms with Crippen LogP contribution in [0.2, 0.25) is 0 Å². The van der Waals surface area contributed by atoms with Gasteiger partial charge in [-0.05, 0) is 45.1 Å². The minimum Gasteiger partial charge on any atom is -0.306 e. The Bertz CT molecular complexity index is 803. The standard InChI is InChI=1S/C15H16FN5S/c1-20-8-6-10(7-9-20)13-17-18-15-21(13)19-14(22-15)11-4-2-3-5-12(11)16/h2-5,10H,6-9H2,1H3. The van der Waals surface area contributed by atoms with E-state index >= 15 is 0 Å². The number of benzene rings is 1. The van der Waals surface area contributed by atoms with Gasteiger partial charge in [-0.2, -0.15) is 9.61 Å². The van der Waals surface area contributed by atoms with Crippen molar-refractivity contribution in [3.63, 3.8) is 0 Å². The molecule has 1 aliphatic rings. The summed E-state index contributed by atoms with van der Waals surface area (Å²) in [4.78, 5) is 3.05. The second-order valence-corrected chi connectivity index (χ2v) is 6.67. The summed E-state index contributed by atoms with van der Waals surface area (Å²) in [5.41, 5.74) is 0.521. The molecular formula is C15H16FN5S. The summed E-state index contributed by atoms with van der Waals surface area (Å²) in [6, 6.07) is 6.70. The zero-order valence-electron chi connectivity index (χ0n) is 12.2. The van der Waals surface area contributed by atoms with Gasteiger partial charge in [0.15, 0.2) is 10.8 Å². The molecule has 0 radical (unpaired) electrons. The molecule has 1 aliphatic heterocycles. The molecule has 1 saturated heterocycles. The number of aromatic nitrogens is 4. The first-order chi connectivity index (χ1) is 10.7. The number of hydrogen-bond acceptors (Lipinski definition) is 5. The molecule has 7 heteroatoms. The van der Waals surface area contributed by atoms with Gasteiger partial charge in [0.25, 0.3) is 0 Å². The Morgan fingerprint density at radius 1 is 1.18 bits per heavy atom. The zero-order valence-corrected chi connectivity index (χ0v) is 13.1. The van der Waals surface area contributed by atoms with Gasteiger partial charge in [-0.3, -0.25) is 0 Å². The Morgan fingerprint density at radius 3 is 2.73 bits per heavy atom. The van der Waals surface area contributed by atoms with Crippen molar-refractivity contribution in [2.75, 3.05) is 20.1 Å². The van der Waals surface area contributed by atoms with Crippen molar-refractivity contribution >= 4 is 16.3 Å². The van der Waals surface area contributed by atoms with E-state index in [2.05, 4.69) is 27.2 Å². The first kappa shape index (κ1) is 13.8. The molecule has 4 rings (SSSR count). The van der Waals surface area contributed by atoms with E-state index in [1.54, 1.807) is 16.6 Å². The predicted molar refractivity (Wildman–Crippen MR) is 83.5 cm³/mol. The second kappa shape index (κ2) is 5.40. The third kappa shape index (κ3) is 2.30. The molecule has 0 amide bonds. The summed E-state index contributed by atoms with van der Waals surface area (Å²) in [6.45, 7) is 2.12. The predicted octanol–water partition coefficient (Wildman–Crippen LogP) is 2.80. The summed E-state index contributed by atoms with van der Waals surface area (Å²) in [6.07, 6.45) is 2.12. The number of hydrogen-bond donors (Lipinski definition) is 0. The molecule has 0 atom stereocenters. The van der Waals surface area contributed by atoms with E-state index < -0.39 is 0 Å². The Morgan fingerprint density at radius 2 is 1.95 bits per heavy atom. The van der Waals surface area contributed by atoms with E-state index in [1.165, 1.54) is 17.4 Å². The molecule has 0 unspecified atom stereocenters. The number of rotatable bonds is 2. The van der Waals surface area contributed by atoms with Crippen LogP contribution in [0.1, 0.15) is 24.6 Å². The minimum atomic E-state index is -0.256. The highest BCUT2D eigenvalue weighted by Gasteiger charge is 2.25. The molecule has 5 nitrogen and oxygen atoms in total. The molecule has 0 bridgehead atoms. The van der Waals surface area contributed by atoms with Gasteiger partial charge in [-0.1, -0.05) is 23.5 Å². The van der Waals surface area contributed by atoms with E-state index in [1.807, 2.05) is 6.07 Å². The van der Waals surface area contributed by atoms with E-state index in [0.717, 1.165) is 36.7 Å². The van der Waals surface area contributed by atoms with Crippen molar-refractivity contribution in [1.82, 2.24) is 24.7 Å². The molecule has 1 aromatic carbocycles. The third-order valence-corrected chi connectivity index (χ3v) is 5.14. The quantitative estimate of drug-likeness (QED) is 0.729. The topological polar surface area (TPSA) is 46.3 Å². The maximum Gasteiger partial charge on any atom is 0.234 e. The summed E-state index contributed by atoms with van der Waals surface area (Å²) >= 11 is 1.38. The molecule has 3 heterocycles. The molecule has 0 N–H and O–H groups in total. The van der Waals surface area contributed by atoms with Gasteiger partial charge >= 0.3 is 0 Å². The van der Waals surface area contributed by atoms with Gasteiger partial charge in [0.1, 0.15) is 5.82 Å². The van der Waals surface area contributed by atoms with Crippen LogP contribution in [0.15, 0.2) is 24.3 Å². The largest absolute Gasteiger partial charge is 0.306 e. The second-order valence-electron chi connectivity index (χ2n) is 5.72. The Labute approximate surface area is 131 Å². The lowest BCUT2D eigenvalue weighted by molar-refractivity contribution is 0.250. The molecule has 114 valence electrons. The van der Waals surface area contributed by atoms with Crippen LogP contribution in [-0.2, 0) is 0 Å². The van der Waals surface area contributed by atoms with Gasteiger partial charge in [0.05, 0.1) is 0 Å². The Kier molecular flexibility index (Phi) is 3.38. The van der Waals surface area contributed by atoms with Crippen LogP contribution in [-0.4, -0.2) is 44.8 Å². The monoisotopic (exact) mass is 317 g/mol. The number of nitrogens with zero attached hydrogens (tertiary/aromatic N) is 5. The maximum absolute atomic E-state index is 13.9. The summed E-state index contributed by atoms with van der Waals surface area (Å²) in [5.74, 6) is 1.03. The number of likely N-dealkylation sites (tertiary alicyclic amines) is 1. The maximum atomic E-state index is 13.9. The van der Waals surface area contributed by atoms with Gasteiger partial charge in [0.2, 0.25) is 4.96 Å². The third-order valence-electron chi connectivity index (χ3n) is 4.20. The minimum absolute atomic E-state index is 0.256.